The lowest BCUT2D eigenvalue weighted by Gasteiger charge is -2.14. The minimum Gasteiger partial charge on any atom is -0.346 e. The number of amides is 1. The van der Waals surface area contributed by atoms with Crippen molar-refractivity contribution in [3.63, 3.8) is 0 Å². The first-order valence-electron chi connectivity index (χ1n) is 7.03. The van der Waals surface area contributed by atoms with Crippen LogP contribution in [0.5, 0.6) is 0 Å². The molecule has 23 heavy (non-hydrogen) atoms. The van der Waals surface area contributed by atoms with Crippen LogP contribution in [0.2, 0.25) is 0 Å². The molecule has 3 rings (SSSR count). The summed E-state index contributed by atoms with van der Waals surface area (Å²) in [5.41, 5.74) is 2.12. The van der Waals surface area contributed by atoms with Gasteiger partial charge >= 0.3 is 0 Å². The van der Waals surface area contributed by atoms with Crippen LogP contribution in [0.3, 0.4) is 0 Å². The Hall–Kier alpha value is -3.09. The maximum atomic E-state index is 12.9. The number of halogens is 1. The molecule has 2 aromatic carbocycles. The smallest absolute Gasteiger partial charge is 0.251 e. The van der Waals surface area contributed by atoms with E-state index < -0.39 is 0 Å². The third-order valence-electron chi connectivity index (χ3n) is 3.46. The molecule has 116 valence electrons. The summed E-state index contributed by atoms with van der Waals surface area (Å²) in [5, 5.41) is 13.8. The Morgan fingerprint density at radius 2 is 1.83 bits per heavy atom. The normalized spacial score (nSPS) is 11.9. The fourth-order valence-electron chi connectivity index (χ4n) is 2.16. The summed E-state index contributed by atoms with van der Waals surface area (Å²) in [6.45, 7) is 1.85. The first-order valence-corrected chi connectivity index (χ1v) is 7.03. The average Bonchev–Trinajstić information content (AvgIpc) is 3.10. The Bertz CT molecular complexity index is 784. The monoisotopic (exact) mass is 311 g/mol. The second-order valence-corrected chi connectivity index (χ2v) is 5.05. The highest BCUT2D eigenvalue weighted by Gasteiger charge is 2.11. The van der Waals surface area contributed by atoms with E-state index in [1.165, 1.54) is 23.1 Å². The van der Waals surface area contributed by atoms with Gasteiger partial charge < -0.3 is 5.32 Å². The molecule has 0 saturated heterocycles. The molecule has 1 N–H and O–H groups in total. The Morgan fingerprint density at radius 3 is 2.43 bits per heavy atom. The van der Waals surface area contributed by atoms with E-state index in [4.69, 9.17) is 0 Å². The van der Waals surface area contributed by atoms with Crippen molar-refractivity contribution in [3.05, 3.63) is 71.8 Å². The van der Waals surface area contributed by atoms with E-state index >= 15 is 0 Å². The Labute approximate surface area is 132 Å². The maximum Gasteiger partial charge on any atom is 0.251 e. The molecule has 0 spiro atoms. The van der Waals surface area contributed by atoms with Gasteiger partial charge in [-0.3, -0.25) is 4.79 Å². The molecule has 0 saturated carbocycles. The van der Waals surface area contributed by atoms with E-state index in [1.807, 2.05) is 6.92 Å². The Kier molecular flexibility index (Phi) is 4.09. The van der Waals surface area contributed by atoms with Crippen molar-refractivity contribution >= 4 is 5.91 Å². The van der Waals surface area contributed by atoms with Gasteiger partial charge in [-0.1, -0.05) is 12.1 Å². The number of aromatic nitrogens is 4. The van der Waals surface area contributed by atoms with Crippen LogP contribution < -0.4 is 5.32 Å². The summed E-state index contributed by atoms with van der Waals surface area (Å²) >= 11 is 0. The lowest BCUT2D eigenvalue weighted by molar-refractivity contribution is 0.0940. The molecular weight excluding hydrogens is 297 g/mol. The highest BCUT2D eigenvalue weighted by atomic mass is 19.1. The molecule has 1 heterocycles. The summed E-state index contributed by atoms with van der Waals surface area (Å²) < 4.78 is 14.4. The minimum atomic E-state index is -0.300. The van der Waals surface area contributed by atoms with Crippen LogP contribution in [0.4, 0.5) is 4.39 Å². The molecule has 1 atom stereocenters. The summed E-state index contributed by atoms with van der Waals surface area (Å²) in [5.74, 6) is -0.504. The van der Waals surface area contributed by atoms with Gasteiger partial charge in [-0.15, -0.1) is 5.10 Å². The zero-order valence-corrected chi connectivity index (χ0v) is 12.3. The van der Waals surface area contributed by atoms with Gasteiger partial charge in [-0.2, -0.15) is 0 Å². The predicted octanol–water partition coefficient (Wildman–Crippen LogP) is 2.29. The number of hydrogen-bond acceptors (Lipinski definition) is 4. The van der Waals surface area contributed by atoms with Crippen molar-refractivity contribution < 1.29 is 9.18 Å². The van der Waals surface area contributed by atoms with E-state index in [0.717, 1.165) is 11.3 Å². The highest BCUT2D eigenvalue weighted by molar-refractivity contribution is 5.94. The van der Waals surface area contributed by atoms with Crippen LogP contribution in [0.25, 0.3) is 5.69 Å². The quantitative estimate of drug-likeness (QED) is 0.802. The van der Waals surface area contributed by atoms with Crippen LogP contribution in [0, 0.1) is 5.82 Å². The second-order valence-electron chi connectivity index (χ2n) is 5.05. The van der Waals surface area contributed by atoms with E-state index in [2.05, 4.69) is 20.8 Å². The Balaban J connectivity index is 1.69. The fourth-order valence-corrected chi connectivity index (χ4v) is 2.16. The summed E-state index contributed by atoms with van der Waals surface area (Å²) in [6, 6.07) is 12.7. The average molecular weight is 311 g/mol. The molecule has 0 aliphatic heterocycles. The highest BCUT2D eigenvalue weighted by Crippen LogP contribution is 2.14. The summed E-state index contributed by atoms with van der Waals surface area (Å²) in [4.78, 5) is 12.3. The third kappa shape index (κ3) is 3.39. The van der Waals surface area contributed by atoms with Crippen molar-refractivity contribution in [3.8, 4) is 5.69 Å². The van der Waals surface area contributed by atoms with E-state index in [1.54, 1.807) is 36.4 Å². The molecule has 0 aliphatic rings. The molecule has 7 heteroatoms. The van der Waals surface area contributed by atoms with Crippen LogP contribution >= 0.6 is 0 Å². The minimum absolute atomic E-state index is 0.204. The number of rotatable bonds is 4. The molecule has 1 unspecified atom stereocenters. The fraction of sp³-hybridized carbons (Fsp3) is 0.125. The van der Waals surface area contributed by atoms with Crippen molar-refractivity contribution in [2.24, 2.45) is 0 Å². The maximum absolute atomic E-state index is 12.9. The number of nitrogens with zero attached hydrogens (tertiary/aromatic N) is 4. The summed E-state index contributed by atoms with van der Waals surface area (Å²) in [7, 11) is 0. The SMILES string of the molecule is CC(NC(=O)c1ccc(-n2cnnn2)cc1)c1ccc(F)cc1. The predicted molar refractivity (Wildman–Crippen MR) is 81.4 cm³/mol. The molecule has 6 nitrogen and oxygen atoms in total. The van der Waals surface area contributed by atoms with E-state index in [-0.39, 0.29) is 17.8 Å². The molecular formula is C16H14FN5O. The molecule has 1 aromatic heterocycles. The van der Waals surface area contributed by atoms with Crippen molar-refractivity contribution in [1.82, 2.24) is 25.5 Å². The van der Waals surface area contributed by atoms with E-state index in [0.29, 0.717) is 5.56 Å². The molecule has 0 bridgehead atoms. The second kappa shape index (κ2) is 6.35. The number of benzene rings is 2. The Morgan fingerprint density at radius 1 is 1.13 bits per heavy atom. The third-order valence-corrected chi connectivity index (χ3v) is 3.46. The first-order chi connectivity index (χ1) is 11.1. The van der Waals surface area contributed by atoms with Gasteiger partial charge in [-0.05, 0) is 59.3 Å². The van der Waals surface area contributed by atoms with E-state index in [9.17, 15) is 9.18 Å². The number of carbonyl (C=O) groups excluding carboxylic acids is 1. The van der Waals surface area contributed by atoms with Crippen LogP contribution in [0.15, 0.2) is 54.9 Å². The number of tetrazole rings is 1. The lowest BCUT2D eigenvalue weighted by atomic mass is 10.1. The number of hydrogen-bond donors (Lipinski definition) is 1. The van der Waals surface area contributed by atoms with Crippen molar-refractivity contribution in [2.75, 3.05) is 0 Å². The van der Waals surface area contributed by atoms with Crippen molar-refractivity contribution in [2.45, 2.75) is 13.0 Å². The van der Waals surface area contributed by atoms with Crippen molar-refractivity contribution in [1.29, 1.82) is 0 Å². The van der Waals surface area contributed by atoms with Gasteiger partial charge in [0.15, 0.2) is 0 Å². The molecule has 3 aromatic rings. The number of nitrogens with one attached hydrogen (secondary N) is 1. The largest absolute Gasteiger partial charge is 0.346 e. The van der Waals surface area contributed by atoms with Gasteiger partial charge in [0.2, 0.25) is 0 Å². The standard InChI is InChI=1S/C16H14FN5O/c1-11(12-2-6-14(17)7-3-12)19-16(23)13-4-8-15(9-5-13)22-10-18-20-21-22/h2-11H,1H3,(H,19,23). The van der Waals surface area contributed by atoms with Gasteiger partial charge in [0, 0.05) is 5.56 Å². The van der Waals surface area contributed by atoms with Gasteiger partial charge in [0.1, 0.15) is 12.1 Å². The lowest BCUT2D eigenvalue weighted by Crippen LogP contribution is -2.26. The zero-order valence-electron chi connectivity index (χ0n) is 12.3. The number of carbonyl (C=O) groups is 1. The first kappa shape index (κ1) is 14.8. The van der Waals surface area contributed by atoms with Crippen LogP contribution in [0.1, 0.15) is 28.9 Å². The molecule has 0 fully saturated rings. The van der Waals surface area contributed by atoms with Gasteiger partial charge in [0.05, 0.1) is 11.7 Å². The van der Waals surface area contributed by atoms with Crippen LogP contribution in [-0.2, 0) is 0 Å². The molecule has 0 aliphatic carbocycles. The zero-order chi connectivity index (χ0) is 16.2. The van der Waals surface area contributed by atoms with Gasteiger partial charge in [-0.25, -0.2) is 9.07 Å². The topological polar surface area (TPSA) is 72.7 Å². The summed E-state index contributed by atoms with van der Waals surface area (Å²) in [6.07, 6.45) is 1.48. The van der Waals surface area contributed by atoms with Crippen LogP contribution in [-0.4, -0.2) is 26.1 Å². The van der Waals surface area contributed by atoms with Gasteiger partial charge in [0.25, 0.3) is 5.91 Å². The molecule has 1 amide bonds. The molecule has 0 radical (unpaired) electrons.